The maximum Gasteiger partial charge on any atom is 0.273 e. The van der Waals surface area contributed by atoms with Crippen LogP contribution in [0.4, 0.5) is 5.95 Å². The van der Waals surface area contributed by atoms with Gasteiger partial charge in [0.15, 0.2) is 0 Å². The summed E-state index contributed by atoms with van der Waals surface area (Å²) in [4.78, 5) is 27.5. The summed E-state index contributed by atoms with van der Waals surface area (Å²) in [6, 6.07) is 1.87. The summed E-state index contributed by atoms with van der Waals surface area (Å²) in [6.45, 7) is 1.35. The largest absolute Gasteiger partial charge is 0.368 e. The summed E-state index contributed by atoms with van der Waals surface area (Å²) in [5.74, 6) is 0.407. The number of rotatable bonds is 3. The Morgan fingerprint density at radius 2 is 2.27 bits per heavy atom. The molecule has 1 atom stereocenters. The molecule has 2 N–H and O–H groups in total. The number of anilines is 1. The van der Waals surface area contributed by atoms with Gasteiger partial charge in [-0.15, -0.1) is 11.3 Å². The summed E-state index contributed by atoms with van der Waals surface area (Å²) >= 11 is 1.46. The molecule has 1 amide bonds. The fourth-order valence-electron chi connectivity index (χ4n) is 3.22. The fourth-order valence-corrected chi connectivity index (χ4v) is 3.99. The van der Waals surface area contributed by atoms with Crippen LogP contribution in [-0.4, -0.2) is 48.6 Å². The highest BCUT2D eigenvalue weighted by Crippen LogP contribution is 2.28. The summed E-state index contributed by atoms with van der Waals surface area (Å²) in [7, 11) is 1.86. The molecule has 9 heteroatoms. The number of aromatic nitrogens is 5. The number of likely N-dealkylation sites (tertiary alicyclic amines) is 1. The van der Waals surface area contributed by atoms with Crippen LogP contribution in [0.25, 0.3) is 10.6 Å². The van der Waals surface area contributed by atoms with Crippen LogP contribution in [0, 0.1) is 0 Å². The van der Waals surface area contributed by atoms with Crippen LogP contribution < -0.4 is 5.73 Å². The molecule has 3 aromatic heterocycles. The summed E-state index contributed by atoms with van der Waals surface area (Å²) in [6.07, 6.45) is 7.23. The van der Waals surface area contributed by atoms with Crippen LogP contribution in [0.2, 0.25) is 0 Å². The van der Waals surface area contributed by atoms with Crippen LogP contribution in [0.15, 0.2) is 30.0 Å². The van der Waals surface area contributed by atoms with E-state index in [4.69, 9.17) is 5.73 Å². The molecule has 1 aliphatic rings. The van der Waals surface area contributed by atoms with Crippen LogP contribution >= 0.6 is 11.3 Å². The van der Waals surface area contributed by atoms with Crippen molar-refractivity contribution in [2.24, 2.45) is 7.05 Å². The van der Waals surface area contributed by atoms with Crippen molar-refractivity contribution < 1.29 is 4.79 Å². The Balaban J connectivity index is 1.50. The second-order valence-electron chi connectivity index (χ2n) is 6.37. The molecule has 0 saturated carbocycles. The van der Waals surface area contributed by atoms with Gasteiger partial charge in [-0.05, 0) is 18.9 Å². The SMILES string of the molecule is Cn1cc(-c2nc(C(=O)N3CCCC(c4ccnc(N)n4)C3)cs2)cn1. The Hall–Kier alpha value is -2.81. The minimum atomic E-state index is -0.0388. The van der Waals surface area contributed by atoms with Crippen molar-refractivity contribution in [2.75, 3.05) is 18.8 Å². The number of hydrogen-bond acceptors (Lipinski definition) is 7. The van der Waals surface area contributed by atoms with Crippen molar-refractivity contribution in [3.05, 3.63) is 41.4 Å². The van der Waals surface area contributed by atoms with E-state index in [1.54, 1.807) is 17.1 Å². The minimum Gasteiger partial charge on any atom is -0.368 e. The summed E-state index contributed by atoms with van der Waals surface area (Å²) < 4.78 is 1.72. The molecular weight excluding hydrogens is 350 g/mol. The predicted molar refractivity (Wildman–Crippen MR) is 98.6 cm³/mol. The number of nitrogens with two attached hydrogens (primary N) is 1. The fraction of sp³-hybridized carbons (Fsp3) is 0.353. The van der Waals surface area contributed by atoms with Crippen molar-refractivity contribution in [3.63, 3.8) is 0 Å². The van der Waals surface area contributed by atoms with E-state index >= 15 is 0 Å². The topological polar surface area (TPSA) is 103 Å². The number of thiazole rings is 1. The second-order valence-corrected chi connectivity index (χ2v) is 7.23. The van der Waals surface area contributed by atoms with Crippen LogP contribution in [0.5, 0.6) is 0 Å². The van der Waals surface area contributed by atoms with E-state index in [1.165, 1.54) is 11.3 Å². The molecule has 1 fully saturated rings. The molecule has 0 bridgehead atoms. The predicted octanol–water partition coefficient (Wildman–Crippen LogP) is 1.94. The normalized spacial score (nSPS) is 17.4. The van der Waals surface area contributed by atoms with E-state index in [9.17, 15) is 4.79 Å². The number of amides is 1. The Morgan fingerprint density at radius 3 is 3.04 bits per heavy atom. The van der Waals surface area contributed by atoms with Crippen molar-refractivity contribution in [1.29, 1.82) is 0 Å². The van der Waals surface area contributed by atoms with E-state index in [0.717, 1.165) is 35.7 Å². The van der Waals surface area contributed by atoms with Crippen molar-refractivity contribution >= 4 is 23.2 Å². The minimum absolute atomic E-state index is 0.0388. The molecule has 8 nitrogen and oxygen atoms in total. The van der Waals surface area contributed by atoms with Crippen molar-refractivity contribution in [2.45, 2.75) is 18.8 Å². The molecule has 26 heavy (non-hydrogen) atoms. The van der Waals surface area contributed by atoms with Gasteiger partial charge < -0.3 is 10.6 Å². The van der Waals surface area contributed by atoms with Gasteiger partial charge in [0.25, 0.3) is 5.91 Å². The number of piperidine rings is 1. The zero-order valence-corrected chi connectivity index (χ0v) is 15.2. The summed E-state index contributed by atoms with van der Waals surface area (Å²) in [5.41, 5.74) is 7.99. The third-order valence-corrected chi connectivity index (χ3v) is 5.39. The van der Waals surface area contributed by atoms with E-state index < -0.39 is 0 Å². The number of nitrogens with zero attached hydrogens (tertiary/aromatic N) is 6. The van der Waals surface area contributed by atoms with Gasteiger partial charge in [-0.1, -0.05) is 0 Å². The van der Waals surface area contributed by atoms with Crippen molar-refractivity contribution in [1.82, 2.24) is 29.6 Å². The molecule has 134 valence electrons. The first-order valence-corrected chi connectivity index (χ1v) is 9.30. The molecule has 1 aliphatic heterocycles. The lowest BCUT2D eigenvalue weighted by atomic mass is 9.94. The molecule has 0 aromatic carbocycles. The third kappa shape index (κ3) is 3.30. The third-order valence-electron chi connectivity index (χ3n) is 4.50. The van der Waals surface area contributed by atoms with Crippen LogP contribution in [-0.2, 0) is 7.05 Å². The van der Waals surface area contributed by atoms with E-state index in [-0.39, 0.29) is 17.8 Å². The van der Waals surface area contributed by atoms with Gasteiger partial charge in [0.1, 0.15) is 10.7 Å². The molecule has 3 aromatic rings. The number of hydrogen-bond donors (Lipinski definition) is 1. The Labute approximate surface area is 154 Å². The van der Waals surface area contributed by atoms with Gasteiger partial charge in [0.2, 0.25) is 5.95 Å². The highest BCUT2D eigenvalue weighted by molar-refractivity contribution is 7.13. The van der Waals surface area contributed by atoms with Gasteiger partial charge in [0, 0.05) is 49.4 Å². The zero-order chi connectivity index (χ0) is 18.1. The lowest BCUT2D eigenvalue weighted by Crippen LogP contribution is -2.39. The molecule has 4 heterocycles. The maximum atomic E-state index is 12.9. The van der Waals surface area contributed by atoms with E-state index in [2.05, 4.69) is 20.1 Å². The average Bonchev–Trinajstić information content (AvgIpc) is 3.30. The number of carbonyl (C=O) groups excluding carboxylic acids is 1. The molecular formula is C17H19N7OS. The maximum absolute atomic E-state index is 12.9. The quantitative estimate of drug-likeness (QED) is 0.757. The first-order chi connectivity index (χ1) is 12.6. The van der Waals surface area contributed by atoms with Gasteiger partial charge in [-0.25, -0.2) is 15.0 Å². The van der Waals surface area contributed by atoms with Crippen LogP contribution in [0.3, 0.4) is 0 Å². The van der Waals surface area contributed by atoms with E-state index in [1.807, 2.05) is 29.6 Å². The second kappa shape index (κ2) is 6.83. The first kappa shape index (κ1) is 16.6. The van der Waals surface area contributed by atoms with Gasteiger partial charge in [-0.3, -0.25) is 9.48 Å². The highest BCUT2D eigenvalue weighted by atomic mass is 32.1. The standard InChI is InChI=1S/C17H19N7OS/c1-23-8-12(7-20-23)15-21-14(10-26-15)16(25)24-6-2-3-11(9-24)13-4-5-19-17(18)22-13/h4-5,7-8,10-11H,2-3,6,9H2,1H3,(H2,18,19,22). The van der Waals surface area contributed by atoms with Crippen LogP contribution in [0.1, 0.15) is 34.9 Å². The number of aryl methyl sites for hydroxylation is 1. The molecule has 0 aliphatic carbocycles. The Morgan fingerprint density at radius 1 is 1.38 bits per heavy atom. The Bertz CT molecular complexity index is 935. The molecule has 0 radical (unpaired) electrons. The molecule has 0 spiro atoms. The first-order valence-electron chi connectivity index (χ1n) is 8.42. The zero-order valence-electron chi connectivity index (χ0n) is 14.4. The Kier molecular flexibility index (Phi) is 4.37. The van der Waals surface area contributed by atoms with Gasteiger partial charge in [0.05, 0.1) is 11.9 Å². The molecule has 1 saturated heterocycles. The number of nitrogen functional groups attached to an aromatic ring is 1. The van der Waals surface area contributed by atoms with E-state index in [0.29, 0.717) is 12.2 Å². The average molecular weight is 369 g/mol. The lowest BCUT2D eigenvalue weighted by molar-refractivity contribution is 0.0701. The molecule has 4 rings (SSSR count). The highest BCUT2D eigenvalue weighted by Gasteiger charge is 2.27. The smallest absolute Gasteiger partial charge is 0.273 e. The molecule has 1 unspecified atom stereocenters. The van der Waals surface area contributed by atoms with Crippen molar-refractivity contribution in [3.8, 4) is 10.6 Å². The van der Waals surface area contributed by atoms with Gasteiger partial charge in [-0.2, -0.15) is 5.10 Å². The summed E-state index contributed by atoms with van der Waals surface area (Å²) in [5, 5.41) is 6.77. The van der Waals surface area contributed by atoms with Gasteiger partial charge >= 0.3 is 0 Å². The number of carbonyl (C=O) groups is 1. The monoisotopic (exact) mass is 369 g/mol. The lowest BCUT2D eigenvalue weighted by Gasteiger charge is -2.32.